The van der Waals surface area contributed by atoms with Crippen LogP contribution >= 0.6 is 0 Å². The normalized spacial score (nSPS) is 23.7. The van der Waals surface area contributed by atoms with E-state index in [-0.39, 0.29) is 6.61 Å². The van der Waals surface area contributed by atoms with Crippen molar-refractivity contribution in [3.05, 3.63) is 54.1 Å². The van der Waals surface area contributed by atoms with Gasteiger partial charge in [-0.05, 0) is 35.7 Å². The maximum Gasteiger partial charge on any atom is 0.200 e. The summed E-state index contributed by atoms with van der Waals surface area (Å²) in [5.74, 6) is 0.656. The van der Waals surface area contributed by atoms with Crippen molar-refractivity contribution < 1.29 is 24.5 Å². The predicted molar refractivity (Wildman–Crippen MR) is 88.9 cm³/mol. The average Bonchev–Trinajstić information content (AvgIpc) is 2.64. The van der Waals surface area contributed by atoms with Gasteiger partial charge < -0.3 is 19.7 Å². The van der Waals surface area contributed by atoms with E-state index in [1.165, 1.54) is 0 Å². The van der Waals surface area contributed by atoms with Crippen LogP contribution in [0.3, 0.4) is 0 Å². The summed E-state index contributed by atoms with van der Waals surface area (Å²) in [7, 11) is 0. The smallest absolute Gasteiger partial charge is 0.200 e. The molecule has 0 saturated carbocycles. The first kappa shape index (κ1) is 16.6. The molecular weight excluding hydrogens is 308 g/mol. The Bertz CT molecular complexity index is 682. The van der Waals surface area contributed by atoms with Gasteiger partial charge in [-0.3, -0.25) is 4.79 Å². The summed E-state index contributed by atoms with van der Waals surface area (Å²) >= 11 is 0. The lowest BCUT2D eigenvalue weighted by Gasteiger charge is -2.32. The van der Waals surface area contributed by atoms with Gasteiger partial charge >= 0.3 is 0 Å². The molecule has 0 aliphatic carbocycles. The fourth-order valence-electron chi connectivity index (χ4n) is 2.77. The van der Waals surface area contributed by atoms with Gasteiger partial charge in [-0.1, -0.05) is 30.3 Å². The highest BCUT2D eigenvalue weighted by Crippen LogP contribution is 2.26. The summed E-state index contributed by atoms with van der Waals surface area (Å²) in [6.07, 6.45) is 0.201. The second-order valence-electron chi connectivity index (χ2n) is 5.82. The van der Waals surface area contributed by atoms with Crippen molar-refractivity contribution >= 4 is 6.29 Å². The zero-order chi connectivity index (χ0) is 16.9. The first-order valence-corrected chi connectivity index (χ1v) is 7.96. The molecule has 2 N–H and O–H groups in total. The summed E-state index contributed by atoms with van der Waals surface area (Å²) < 4.78 is 11.3. The van der Waals surface area contributed by atoms with E-state index in [1.54, 1.807) is 6.07 Å². The van der Waals surface area contributed by atoms with Crippen molar-refractivity contribution in [1.82, 2.24) is 0 Å². The summed E-state index contributed by atoms with van der Waals surface area (Å²) in [6.45, 7) is -0.229. The largest absolute Gasteiger partial charge is 0.465 e. The second kappa shape index (κ2) is 7.57. The standard InChI is InChI=1S/C19H20O5/c20-11-13-2-1-3-15(10-13)14-4-6-16(7-5-14)23-19-9-8-17(22)18(12-21)24-19/h1-7,10-11,17-19,21-22H,8-9,12H2. The molecule has 3 atom stereocenters. The number of rotatable bonds is 5. The minimum atomic E-state index is -0.651. The van der Waals surface area contributed by atoms with E-state index in [0.29, 0.717) is 24.2 Å². The molecule has 5 nitrogen and oxygen atoms in total. The number of hydrogen-bond donors (Lipinski definition) is 2. The van der Waals surface area contributed by atoms with Crippen molar-refractivity contribution in [2.24, 2.45) is 0 Å². The Morgan fingerprint density at radius 1 is 1.12 bits per heavy atom. The number of benzene rings is 2. The van der Waals surface area contributed by atoms with Crippen molar-refractivity contribution in [3.8, 4) is 16.9 Å². The Kier molecular flexibility index (Phi) is 5.25. The lowest BCUT2D eigenvalue weighted by molar-refractivity contribution is -0.196. The van der Waals surface area contributed by atoms with Crippen LogP contribution in [0.4, 0.5) is 0 Å². The van der Waals surface area contributed by atoms with Crippen LogP contribution in [0.5, 0.6) is 5.75 Å². The molecule has 5 heteroatoms. The molecule has 0 aromatic heterocycles. The van der Waals surface area contributed by atoms with Crippen molar-refractivity contribution in [2.45, 2.75) is 31.3 Å². The third-order valence-corrected chi connectivity index (χ3v) is 4.11. The zero-order valence-corrected chi connectivity index (χ0v) is 13.2. The quantitative estimate of drug-likeness (QED) is 0.824. The van der Waals surface area contributed by atoms with Crippen molar-refractivity contribution in [1.29, 1.82) is 0 Å². The Balaban J connectivity index is 1.67. The molecule has 126 valence electrons. The van der Waals surface area contributed by atoms with Crippen molar-refractivity contribution in [3.63, 3.8) is 0 Å². The van der Waals surface area contributed by atoms with Gasteiger partial charge in [0.1, 0.15) is 18.1 Å². The van der Waals surface area contributed by atoms with Crippen LogP contribution in [0.25, 0.3) is 11.1 Å². The van der Waals surface area contributed by atoms with Gasteiger partial charge in [-0.25, -0.2) is 0 Å². The first-order chi connectivity index (χ1) is 11.7. The van der Waals surface area contributed by atoms with E-state index < -0.39 is 18.5 Å². The number of aliphatic hydroxyl groups excluding tert-OH is 2. The molecule has 1 aliphatic heterocycles. The number of carbonyl (C=O) groups excluding carboxylic acids is 1. The Morgan fingerprint density at radius 3 is 2.62 bits per heavy atom. The van der Waals surface area contributed by atoms with Gasteiger partial charge in [0.05, 0.1) is 12.7 Å². The second-order valence-corrected chi connectivity index (χ2v) is 5.82. The van der Waals surface area contributed by atoms with E-state index in [1.807, 2.05) is 42.5 Å². The van der Waals surface area contributed by atoms with Crippen LogP contribution in [0.1, 0.15) is 23.2 Å². The minimum Gasteiger partial charge on any atom is -0.465 e. The van der Waals surface area contributed by atoms with Gasteiger partial charge in [-0.15, -0.1) is 0 Å². The maximum absolute atomic E-state index is 10.9. The highest BCUT2D eigenvalue weighted by Gasteiger charge is 2.30. The predicted octanol–water partition coefficient (Wildman–Crippen LogP) is 2.40. The Morgan fingerprint density at radius 2 is 1.92 bits per heavy atom. The molecule has 1 fully saturated rings. The number of aliphatic hydroxyl groups is 2. The first-order valence-electron chi connectivity index (χ1n) is 7.96. The topological polar surface area (TPSA) is 76.0 Å². The average molecular weight is 328 g/mol. The molecule has 0 radical (unpaired) electrons. The zero-order valence-electron chi connectivity index (χ0n) is 13.2. The van der Waals surface area contributed by atoms with E-state index >= 15 is 0 Å². The molecule has 3 unspecified atom stereocenters. The summed E-state index contributed by atoms with van der Waals surface area (Å²) in [4.78, 5) is 10.9. The third kappa shape index (κ3) is 3.82. The maximum atomic E-state index is 10.9. The number of hydrogen-bond acceptors (Lipinski definition) is 5. The molecule has 1 aliphatic rings. The lowest BCUT2D eigenvalue weighted by Crippen LogP contribution is -2.43. The number of ether oxygens (including phenoxy) is 2. The third-order valence-electron chi connectivity index (χ3n) is 4.11. The molecule has 1 heterocycles. The highest BCUT2D eigenvalue weighted by atomic mass is 16.7. The van der Waals surface area contributed by atoms with Crippen LogP contribution in [0.15, 0.2) is 48.5 Å². The molecule has 24 heavy (non-hydrogen) atoms. The monoisotopic (exact) mass is 328 g/mol. The fraction of sp³-hybridized carbons (Fsp3) is 0.316. The number of carbonyl (C=O) groups is 1. The molecule has 0 amide bonds. The van der Waals surface area contributed by atoms with Crippen LogP contribution < -0.4 is 4.74 Å². The highest BCUT2D eigenvalue weighted by molar-refractivity contribution is 5.78. The summed E-state index contributed by atoms with van der Waals surface area (Å²) in [5.41, 5.74) is 2.58. The van der Waals surface area contributed by atoms with Crippen LogP contribution in [0.2, 0.25) is 0 Å². The summed E-state index contributed by atoms with van der Waals surface area (Å²) in [5, 5.41) is 18.9. The van der Waals surface area contributed by atoms with Crippen LogP contribution in [-0.4, -0.2) is 41.6 Å². The van der Waals surface area contributed by atoms with E-state index in [4.69, 9.17) is 9.47 Å². The Hall–Kier alpha value is -2.21. The molecule has 2 aromatic carbocycles. The van der Waals surface area contributed by atoms with E-state index in [0.717, 1.165) is 17.4 Å². The van der Waals surface area contributed by atoms with E-state index in [2.05, 4.69) is 0 Å². The SMILES string of the molecule is O=Cc1cccc(-c2ccc(OC3CCC(O)C(CO)O3)cc2)c1. The van der Waals surface area contributed by atoms with Crippen LogP contribution in [-0.2, 0) is 4.74 Å². The van der Waals surface area contributed by atoms with Gasteiger partial charge in [0.15, 0.2) is 6.29 Å². The lowest BCUT2D eigenvalue weighted by atomic mass is 10.0. The van der Waals surface area contributed by atoms with Gasteiger partial charge in [0.2, 0.25) is 0 Å². The van der Waals surface area contributed by atoms with Gasteiger partial charge in [-0.2, -0.15) is 0 Å². The molecule has 0 spiro atoms. The van der Waals surface area contributed by atoms with Gasteiger partial charge in [0.25, 0.3) is 0 Å². The molecule has 2 aromatic rings. The van der Waals surface area contributed by atoms with Gasteiger partial charge in [0, 0.05) is 12.0 Å². The molecule has 0 bridgehead atoms. The molecule has 3 rings (SSSR count). The van der Waals surface area contributed by atoms with Crippen LogP contribution in [0, 0.1) is 0 Å². The summed E-state index contributed by atoms with van der Waals surface area (Å²) in [6, 6.07) is 14.9. The molecule has 1 saturated heterocycles. The minimum absolute atomic E-state index is 0.229. The fourth-order valence-corrected chi connectivity index (χ4v) is 2.77. The van der Waals surface area contributed by atoms with Crippen molar-refractivity contribution in [2.75, 3.05) is 6.61 Å². The molecular formula is C19H20O5. The Labute approximate surface area is 140 Å². The number of aldehydes is 1. The van der Waals surface area contributed by atoms with E-state index in [9.17, 15) is 15.0 Å².